The summed E-state index contributed by atoms with van der Waals surface area (Å²) in [6.45, 7) is 9.69. The minimum absolute atomic E-state index is 0.0116. The Labute approximate surface area is 178 Å². The number of amides is 2. The predicted octanol–water partition coefficient (Wildman–Crippen LogP) is 3.49. The van der Waals surface area contributed by atoms with Crippen LogP contribution in [-0.4, -0.2) is 47.4 Å². The molecule has 1 saturated heterocycles. The molecule has 1 aromatic carbocycles. The summed E-state index contributed by atoms with van der Waals surface area (Å²) < 4.78 is 5.86. The quantitative estimate of drug-likeness (QED) is 0.821. The van der Waals surface area contributed by atoms with Crippen molar-refractivity contribution in [2.45, 2.75) is 52.0 Å². The number of rotatable bonds is 5. The first kappa shape index (κ1) is 21.8. The van der Waals surface area contributed by atoms with E-state index in [9.17, 15) is 9.59 Å². The molecular weight excluding hydrogens is 378 g/mol. The summed E-state index contributed by atoms with van der Waals surface area (Å²) in [5.41, 5.74) is 2.85. The molecule has 6 nitrogen and oxygen atoms in total. The van der Waals surface area contributed by atoms with Crippen molar-refractivity contribution < 1.29 is 14.3 Å². The second-order valence-corrected chi connectivity index (χ2v) is 8.91. The molecule has 1 aromatic heterocycles. The Hall–Kier alpha value is -2.89. The average molecular weight is 410 g/mol. The fourth-order valence-electron chi connectivity index (χ4n) is 3.67. The topological polar surface area (TPSA) is 71.5 Å². The van der Waals surface area contributed by atoms with Crippen LogP contribution in [0.4, 0.5) is 0 Å². The van der Waals surface area contributed by atoms with Crippen LogP contribution < -0.4 is 10.1 Å². The van der Waals surface area contributed by atoms with E-state index in [0.29, 0.717) is 18.7 Å². The molecule has 0 aliphatic carbocycles. The Bertz CT molecular complexity index is 882. The number of likely N-dealkylation sites (tertiary alicyclic amines) is 1. The lowest BCUT2D eigenvalue weighted by molar-refractivity contribution is -0.124. The summed E-state index contributed by atoms with van der Waals surface area (Å²) in [6.07, 6.45) is 4.72. The van der Waals surface area contributed by atoms with Gasteiger partial charge in [-0.15, -0.1) is 0 Å². The van der Waals surface area contributed by atoms with Crippen LogP contribution in [0.2, 0.25) is 0 Å². The Morgan fingerprint density at radius 3 is 2.43 bits per heavy atom. The third kappa shape index (κ3) is 5.59. The molecule has 2 heterocycles. The van der Waals surface area contributed by atoms with Gasteiger partial charge in [0.15, 0.2) is 6.61 Å². The van der Waals surface area contributed by atoms with Crippen LogP contribution in [0, 0.1) is 6.92 Å². The van der Waals surface area contributed by atoms with Crippen LogP contribution in [0.15, 0.2) is 42.7 Å². The van der Waals surface area contributed by atoms with Crippen molar-refractivity contribution in [3.05, 3.63) is 59.4 Å². The summed E-state index contributed by atoms with van der Waals surface area (Å²) in [7, 11) is 0. The molecule has 1 fully saturated rings. The van der Waals surface area contributed by atoms with E-state index in [4.69, 9.17) is 4.74 Å². The van der Waals surface area contributed by atoms with Gasteiger partial charge in [0.2, 0.25) is 0 Å². The van der Waals surface area contributed by atoms with E-state index in [-0.39, 0.29) is 29.9 Å². The molecular formula is C24H31N3O3. The zero-order chi connectivity index (χ0) is 21.7. The van der Waals surface area contributed by atoms with E-state index in [0.717, 1.165) is 24.2 Å². The lowest BCUT2D eigenvalue weighted by Gasteiger charge is -2.32. The molecule has 1 aliphatic rings. The monoisotopic (exact) mass is 409 g/mol. The van der Waals surface area contributed by atoms with Gasteiger partial charge in [-0.3, -0.25) is 14.6 Å². The molecule has 2 aromatic rings. The number of ether oxygens (including phenoxy) is 1. The summed E-state index contributed by atoms with van der Waals surface area (Å²) in [6, 6.07) is 9.56. The van der Waals surface area contributed by atoms with Crippen LogP contribution >= 0.6 is 0 Å². The maximum absolute atomic E-state index is 12.5. The van der Waals surface area contributed by atoms with Crippen LogP contribution in [0.25, 0.3) is 0 Å². The molecule has 6 heteroatoms. The van der Waals surface area contributed by atoms with Crippen LogP contribution in [-0.2, 0) is 10.2 Å². The van der Waals surface area contributed by atoms with Crippen molar-refractivity contribution >= 4 is 11.8 Å². The van der Waals surface area contributed by atoms with Crippen molar-refractivity contribution in [2.24, 2.45) is 0 Å². The third-order valence-electron chi connectivity index (χ3n) is 5.38. The van der Waals surface area contributed by atoms with Gasteiger partial charge >= 0.3 is 0 Å². The standard InChI is InChI=1S/C24H31N3O3/c1-17-5-6-21(20(15-17)24(2,3)4)30-16-22(28)26-19-9-13-27(14-10-19)23(29)18-7-11-25-12-8-18/h5-8,11-12,15,19H,9-10,13-14,16H2,1-4H3,(H,26,28). The van der Waals surface area contributed by atoms with Crippen LogP contribution in [0.5, 0.6) is 5.75 Å². The lowest BCUT2D eigenvalue weighted by Crippen LogP contribution is -2.47. The molecule has 0 saturated carbocycles. The van der Waals surface area contributed by atoms with E-state index in [1.807, 2.05) is 17.0 Å². The number of benzene rings is 1. The highest BCUT2D eigenvalue weighted by Crippen LogP contribution is 2.32. The van der Waals surface area contributed by atoms with Crippen LogP contribution in [0.3, 0.4) is 0 Å². The number of piperidine rings is 1. The first-order chi connectivity index (χ1) is 14.2. The van der Waals surface area contributed by atoms with Gasteiger partial charge in [-0.2, -0.15) is 0 Å². The van der Waals surface area contributed by atoms with Crippen LogP contribution in [0.1, 0.15) is 55.1 Å². The molecule has 2 amide bonds. The molecule has 0 atom stereocenters. The highest BCUT2D eigenvalue weighted by Gasteiger charge is 2.25. The maximum atomic E-state index is 12.5. The summed E-state index contributed by atoms with van der Waals surface area (Å²) >= 11 is 0. The summed E-state index contributed by atoms with van der Waals surface area (Å²) in [4.78, 5) is 30.7. The number of nitrogens with one attached hydrogen (secondary N) is 1. The second kappa shape index (κ2) is 9.28. The number of carbonyl (C=O) groups excluding carboxylic acids is 2. The van der Waals surface area contributed by atoms with Crippen molar-refractivity contribution in [3.8, 4) is 5.75 Å². The smallest absolute Gasteiger partial charge is 0.258 e. The fourth-order valence-corrected chi connectivity index (χ4v) is 3.67. The molecule has 1 aliphatic heterocycles. The molecule has 1 N–H and O–H groups in total. The van der Waals surface area contributed by atoms with Gasteiger partial charge in [0.05, 0.1) is 0 Å². The Kier molecular flexibility index (Phi) is 6.75. The summed E-state index contributed by atoms with van der Waals surface area (Å²) in [5, 5.41) is 3.05. The SMILES string of the molecule is Cc1ccc(OCC(=O)NC2CCN(C(=O)c3ccncc3)CC2)c(C(C)(C)C)c1. The van der Waals surface area contributed by atoms with Crippen molar-refractivity contribution in [1.29, 1.82) is 0 Å². The first-order valence-corrected chi connectivity index (χ1v) is 10.5. The van der Waals surface area contributed by atoms with E-state index >= 15 is 0 Å². The molecule has 30 heavy (non-hydrogen) atoms. The number of pyridine rings is 1. The lowest BCUT2D eigenvalue weighted by atomic mass is 9.85. The fraction of sp³-hybridized carbons (Fsp3) is 0.458. The Morgan fingerprint density at radius 1 is 1.13 bits per heavy atom. The van der Waals surface area contributed by atoms with Gasteiger partial charge in [0.1, 0.15) is 5.75 Å². The zero-order valence-electron chi connectivity index (χ0n) is 18.3. The van der Waals surface area contributed by atoms with E-state index in [1.165, 1.54) is 5.56 Å². The predicted molar refractivity (Wildman–Crippen MR) is 117 cm³/mol. The largest absolute Gasteiger partial charge is 0.483 e. The number of aromatic nitrogens is 1. The molecule has 0 bridgehead atoms. The molecule has 0 spiro atoms. The van der Waals surface area contributed by atoms with Crippen molar-refractivity contribution in [3.63, 3.8) is 0 Å². The minimum Gasteiger partial charge on any atom is -0.483 e. The average Bonchev–Trinajstić information content (AvgIpc) is 2.73. The van der Waals surface area contributed by atoms with Gasteiger partial charge in [0, 0.05) is 37.1 Å². The summed E-state index contributed by atoms with van der Waals surface area (Å²) in [5.74, 6) is 0.634. The number of hydrogen-bond donors (Lipinski definition) is 1. The number of nitrogens with zero attached hydrogens (tertiary/aromatic N) is 2. The van der Waals surface area contributed by atoms with E-state index in [1.54, 1.807) is 24.5 Å². The Morgan fingerprint density at radius 2 is 1.80 bits per heavy atom. The van der Waals surface area contributed by atoms with Gasteiger partial charge < -0.3 is 15.0 Å². The molecule has 0 radical (unpaired) electrons. The van der Waals surface area contributed by atoms with Crippen molar-refractivity contribution in [2.75, 3.05) is 19.7 Å². The number of hydrogen-bond acceptors (Lipinski definition) is 4. The Balaban J connectivity index is 1.49. The number of aryl methyl sites for hydroxylation is 1. The first-order valence-electron chi connectivity index (χ1n) is 10.5. The van der Waals surface area contributed by atoms with Gasteiger partial charge in [-0.1, -0.05) is 38.5 Å². The molecule has 3 rings (SSSR count). The second-order valence-electron chi connectivity index (χ2n) is 8.91. The highest BCUT2D eigenvalue weighted by atomic mass is 16.5. The van der Waals surface area contributed by atoms with E-state index in [2.05, 4.69) is 44.1 Å². The van der Waals surface area contributed by atoms with Gasteiger partial charge in [-0.05, 0) is 48.9 Å². The molecule has 0 unspecified atom stereocenters. The zero-order valence-corrected chi connectivity index (χ0v) is 18.3. The third-order valence-corrected chi connectivity index (χ3v) is 5.38. The van der Waals surface area contributed by atoms with E-state index < -0.39 is 0 Å². The normalized spacial score (nSPS) is 15.0. The highest BCUT2D eigenvalue weighted by molar-refractivity contribution is 5.94. The molecule has 160 valence electrons. The van der Waals surface area contributed by atoms with Gasteiger partial charge in [0.25, 0.3) is 11.8 Å². The maximum Gasteiger partial charge on any atom is 0.258 e. The van der Waals surface area contributed by atoms with Gasteiger partial charge in [-0.25, -0.2) is 0 Å². The minimum atomic E-state index is -0.130. The number of carbonyl (C=O) groups is 2. The van der Waals surface area contributed by atoms with Crippen molar-refractivity contribution in [1.82, 2.24) is 15.2 Å².